The molecule has 19 heavy (non-hydrogen) atoms. The van der Waals surface area contributed by atoms with E-state index in [-0.39, 0.29) is 25.3 Å². The third kappa shape index (κ3) is 5.43. The normalized spacial score (nSPS) is 26.0. The number of sulfonamides is 1. The lowest BCUT2D eigenvalue weighted by molar-refractivity contribution is -0.136. The van der Waals surface area contributed by atoms with Gasteiger partial charge in [-0.15, -0.1) is 0 Å². The fourth-order valence-corrected chi connectivity index (χ4v) is 2.81. The number of hydrogen-bond donors (Lipinski definition) is 3. The molecule has 0 radical (unpaired) electrons. The van der Waals surface area contributed by atoms with Crippen molar-refractivity contribution < 1.29 is 23.1 Å². The smallest absolute Gasteiger partial charge is 0.323 e. The van der Waals surface area contributed by atoms with Gasteiger partial charge >= 0.3 is 5.97 Å². The van der Waals surface area contributed by atoms with Crippen LogP contribution in [0.1, 0.15) is 32.6 Å². The number of ether oxygens (including phenoxy) is 1. The molecule has 0 aromatic carbocycles. The SMILES string of the molecule is CC(C(=O)O)S(=O)(=O)NCCOC1CCC(N)CC1. The molecule has 8 heteroatoms. The molecule has 1 aliphatic carbocycles. The predicted molar refractivity (Wildman–Crippen MR) is 70.2 cm³/mol. The molecular formula is C11H22N2O5S. The molecule has 0 saturated heterocycles. The van der Waals surface area contributed by atoms with Crippen LogP contribution in [0.3, 0.4) is 0 Å². The van der Waals surface area contributed by atoms with Crippen molar-refractivity contribution in [1.29, 1.82) is 0 Å². The maximum absolute atomic E-state index is 11.5. The fraction of sp³-hybridized carbons (Fsp3) is 0.909. The number of carboxylic acids is 1. The average Bonchev–Trinajstić information content (AvgIpc) is 2.35. The molecule has 1 fully saturated rings. The van der Waals surface area contributed by atoms with E-state index < -0.39 is 21.2 Å². The van der Waals surface area contributed by atoms with Crippen molar-refractivity contribution in [3.05, 3.63) is 0 Å². The second kappa shape index (κ2) is 7.18. The Morgan fingerprint density at radius 1 is 1.42 bits per heavy atom. The van der Waals surface area contributed by atoms with E-state index in [1.807, 2.05) is 0 Å². The van der Waals surface area contributed by atoms with Crippen molar-refractivity contribution in [2.75, 3.05) is 13.2 Å². The molecule has 112 valence electrons. The quantitative estimate of drug-likeness (QED) is 0.553. The second-order valence-electron chi connectivity index (χ2n) is 4.83. The molecular weight excluding hydrogens is 272 g/mol. The van der Waals surface area contributed by atoms with Crippen LogP contribution in [-0.4, -0.2) is 50.0 Å². The highest BCUT2D eigenvalue weighted by molar-refractivity contribution is 7.90. The Balaban J connectivity index is 2.22. The first kappa shape index (κ1) is 16.4. The molecule has 0 aromatic rings. The molecule has 1 unspecified atom stereocenters. The van der Waals surface area contributed by atoms with E-state index in [2.05, 4.69) is 4.72 Å². The van der Waals surface area contributed by atoms with E-state index in [1.54, 1.807) is 0 Å². The molecule has 1 atom stereocenters. The van der Waals surface area contributed by atoms with Gasteiger partial charge in [0, 0.05) is 12.6 Å². The zero-order chi connectivity index (χ0) is 14.5. The number of nitrogens with two attached hydrogens (primary N) is 1. The molecule has 0 bridgehead atoms. The minimum Gasteiger partial charge on any atom is -0.480 e. The molecule has 7 nitrogen and oxygen atoms in total. The Bertz CT molecular complexity index is 390. The largest absolute Gasteiger partial charge is 0.480 e. The van der Waals surface area contributed by atoms with Gasteiger partial charge in [-0.1, -0.05) is 0 Å². The minimum atomic E-state index is -3.82. The summed E-state index contributed by atoms with van der Waals surface area (Å²) in [4.78, 5) is 10.6. The van der Waals surface area contributed by atoms with Gasteiger partial charge in [0.05, 0.1) is 12.7 Å². The van der Waals surface area contributed by atoms with Crippen LogP contribution in [0.5, 0.6) is 0 Å². The van der Waals surface area contributed by atoms with Crippen LogP contribution in [0, 0.1) is 0 Å². The van der Waals surface area contributed by atoms with E-state index in [9.17, 15) is 13.2 Å². The molecule has 0 aromatic heterocycles. The van der Waals surface area contributed by atoms with Crippen molar-refractivity contribution in [1.82, 2.24) is 4.72 Å². The highest BCUT2D eigenvalue weighted by Crippen LogP contribution is 2.19. The van der Waals surface area contributed by atoms with Crippen LogP contribution < -0.4 is 10.5 Å². The average molecular weight is 294 g/mol. The van der Waals surface area contributed by atoms with E-state index >= 15 is 0 Å². The van der Waals surface area contributed by atoms with Gasteiger partial charge in [-0.3, -0.25) is 4.79 Å². The van der Waals surface area contributed by atoms with Crippen molar-refractivity contribution in [2.24, 2.45) is 5.73 Å². The molecule has 0 heterocycles. The highest BCUT2D eigenvalue weighted by Gasteiger charge is 2.27. The lowest BCUT2D eigenvalue weighted by Crippen LogP contribution is -2.39. The van der Waals surface area contributed by atoms with E-state index in [0.717, 1.165) is 32.6 Å². The topological polar surface area (TPSA) is 119 Å². The van der Waals surface area contributed by atoms with Gasteiger partial charge in [0.2, 0.25) is 10.0 Å². The molecule has 1 saturated carbocycles. The van der Waals surface area contributed by atoms with Gasteiger partial charge in [0.1, 0.15) is 0 Å². The van der Waals surface area contributed by atoms with Gasteiger partial charge in [-0.05, 0) is 32.6 Å². The predicted octanol–water partition coefficient (Wildman–Crippen LogP) is -0.335. The maximum atomic E-state index is 11.5. The van der Waals surface area contributed by atoms with Crippen molar-refractivity contribution in [3.63, 3.8) is 0 Å². The van der Waals surface area contributed by atoms with Crippen LogP contribution in [-0.2, 0) is 19.6 Å². The Labute approximate surface area is 113 Å². The number of hydrogen-bond acceptors (Lipinski definition) is 5. The third-order valence-corrected chi connectivity index (χ3v) is 5.03. The monoisotopic (exact) mass is 294 g/mol. The summed E-state index contributed by atoms with van der Waals surface area (Å²) in [5.74, 6) is -1.37. The summed E-state index contributed by atoms with van der Waals surface area (Å²) in [7, 11) is -3.82. The summed E-state index contributed by atoms with van der Waals surface area (Å²) in [6.45, 7) is 1.46. The van der Waals surface area contributed by atoms with Gasteiger partial charge in [-0.25, -0.2) is 13.1 Å². The van der Waals surface area contributed by atoms with Crippen LogP contribution in [0.2, 0.25) is 0 Å². The number of aliphatic carboxylic acids is 1. The number of nitrogens with one attached hydrogen (secondary N) is 1. The Morgan fingerprint density at radius 3 is 2.53 bits per heavy atom. The minimum absolute atomic E-state index is 0.0858. The molecule has 0 amide bonds. The van der Waals surface area contributed by atoms with Crippen LogP contribution in [0.4, 0.5) is 0 Å². The summed E-state index contributed by atoms with van der Waals surface area (Å²) in [6.07, 6.45) is 3.75. The number of carbonyl (C=O) groups is 1. The zero-order valence-electron chi connectivity index (χ0n) is 11.0. The van der Waals surface area contributed by atoms with Crippen molar-refractivity contribution in [3.8, 4) is 0 Å². The molecule has 1 rings (SSSR count). The van der Waals surface area contributed by atoms with Gasteiger partial charge in [-0.2, -0.15) is 0 Å². The number of carboxylic acid groups (broad SMARTS) is 1. The van der Waals surface area contributed by atoms with E-state index in [0.29, 0.717) is 0 Å². The highest BCUT2D eigenvalue weighted by atomic mass is 32.2. The zero-order valence-corrected chi connectivity index (χ0v) is 11.9. The van der Waals surface area contributed by atoms with Crippen molar-refractivity contribution in [2.45, 2.75) is 50.0 Å². The van der Waals surface area contributed by atoms with Gasteiger partial charge in [0.25, 0.3) is 0 Å². The first-order chi connectivity index (χ1) is 8.83. The molecule has 1 aliphatic rings. The van der Waals surface area contributed by atoms with Gasteiger partial charge in [0.15, 0.2) is 5.25 Å². The lowest BCUT2D eigenvalue weighted by Gasteiger charge is -2.26. The molecule has 0 aliphatic heterocycles. The standard InChI is InChI=1S/C11H22N2O5S/c1-8(11(14)15)19(16,17)13-6-7-18-10-4-2-9(12)3-5-10/h8-10,13H,2-7,12H2,1H3,(H,14,15). The first-order valence-corrected chi connectivity index (χ1v) is 7.96. The summed E-state index contributed by atoms with van der Waals surface area (Å²) in [6, 6.07) is 0.245. The summed E-state index contributed by atoms with van der Waals surface area (Å²) in [5.41, 5.74) is 5.77. The van der Waals surface area contributed by atoms with Gasteiger partial charge < -0.3 is 15.6 Å². The Morgan fingerprint density at radius 2 is 2.00 bits per heavy atom. The van der Waals surface area contributed by atoms with Crippen LogP contribution in [0.15, 0.2) is 0 Å². The maximum Gasteiger partial charge on any atom is 0.323 e. The van der Waals surface area contributed by atoms with E-state index in [1.165, 1.54) is 0 Å². The summed E-state index contributed by atoms with van der Waals surface area (Å²) < 4.78 is 30.8. The number of rotatable bonds is 7. The summed E-state index contributed by atoms with van der Waals surface area (Å²) in [5, 5.41) is 7.18. The lowest BCUT2D eigenvalue weighted by atomic mass is 9.94. The second-order valence-corrected chi connectivity index (χ2v) is 6.91. The summed E-state index contributed by atoms with van der Waals surface area (Å²) >= 11 is 0. The van der Waals surface area contributed by atoms with Crippen LogP contribution in [0.25, 0.3) is 0 Å². The third-order valence-electron chi connectivity index (χ3n) is 3.29. The fourth-order valence-electron chi connectivity index (χ4n) is 1.92. The Kier molecular flexibility index (Phi) is 6.18. The molecule has 0 spiro atoms. The van der Waals surface area contributed by atoms with Crippen molar-refractivity contribution >= 4 is 16.0 Å². The van der Waals surface area contributed by atoms with E-state index in [4.69, 9.17) is 15.6 Å². The molecule has 4 N–H and O–H groups in total. The Hall–Kier alpha value is -0.700. The first-order valence-electron chi connectivity index (χ1n) is 6.41. The van der Waals surface area contributed by atoms with Crippen LogP contribution >= 0.6 is 0 Å².